The highest BCUT2D eigenvalue weighted by Gasteiger charge is 2.57. The van der Waals surface area contributed by atoms with E-state index in [1.807, 2.05) is 23.1 Å². The first kappa shape index (κ1) is 26.3. The third-order valence-electron chi connectivity index (χ3n) is 8.05. The van der Waals surface area contributed by atoms with E-state index in [1.165, 1.54) is 6.07 Å². The molecule has 3 aromatic rings. The van der Waals surface area contributed by atoms with Gasteiger partial charge in [0.2, 0.25) is 10.0 Å². The fourth-order valence-electron chi connectivity index (χ4n) is 5.76. The number of nitrogens with one attached hydrogen (secondary N) is 1. The summed E-state index contributed by atoms with van der Waals surface area (Å²) < 4.78 is 48.3. The van der Waals surface area contributed by atoms with Crippen LogP contribution in [-0.2, 0) is 14.8 Å². The number of ether oxygens (including phenoxy) is 1. The van der Waals surface area contributed by atoms with Gasteiger partial charge < -0.3 is 15.0 Å². The summed E-state index contributed by atoms with van der Waals surface area (Å²) in [6.07, 6.45) is 0. The summed E-state index contributed by atoms with van der Waals surface area (Å²) in [7, 11) is -3.63. The van der Waals surface area contributed by atoms with Gasteiger partial charge in [-0.1, -0.05) is 35.9 Å². The molecule has 2 aliphatic heterocycles. The van der Waals surface area contributed by atoms with Crippen molar-refractivity contribution in [3.63, 3.8) is 0 Å². The molecule has 3 aliphatic rings. The first-order valence-corrected chi connectivity index (χ1v) is 14.9. The number of hydrogen-bond donors (Lipinski definition) is 1. The Morgan fingerprint density at radius 3 is 2.38 bits per heavy atom. The molecule has 1 saturated carbocycles. The molecule has 204 valence electrons. The summed E-state index contributed by atoms with van der Waals surface area (Å²) in [4.78, 5) is 14.9. The number of carbonyl (C=O) groups is 1. The summed E-state index contributed by atoms with van der Waals surface area (Å²) in [6.45, 7) is 3.66. The second-order valence-electron chi connectivity index (χ2n) is 10.3. The zero-order valence-corrected chi connectivity index (χ0v) is 22.8. The highest BCUT2D eigenvalue weighted by atomic mass is 35.5. The van der Waals surface area contributed by atoms with Crippen molar-refractivity contribution in [2.75, 3.05) is 50.8 Å². The second kappa shape index (κ2) is 10.5. The highest BCUT2D eigenvalue weighted by molar-refractivity contribution is 7.89. The summed E-state index contributed by atoms with van der Waals surface area (Å²) in [5.74, 6) is -0.108. The molecule has 2 atom stereocenters. The second-order valence-corrected chi connectivity index (χ2v) is 12.7. The average Bonchev–Trinajstić information content (AvgIpc) is 3.39. The molecule has 0 bridgehead atoms. The lowest BCUT2D eigenvalue weighted by Gasteiger charge is -2.29. The van der Waals surface area contributed by atoms with Crippen LogP contribution in [-0.4, -0.2) is 64.6 Å². The third kappa shape index (κ3) is 5.28. The van der Waals surface area contributed by atoms with Crippen molar-refractivity contribution in [2.24, 2.45) is 17.8 Å². The number of amides is 1. The number of rotatable bonds is 7. The van der Waals surface area contributed by atoms with Crippen LogP contribution in [0.1, 0.15) is 10.4 Å². The largest absolute Gasteiger partial charge is 0.378 e. The van der Waals surface area contributed by atoms with Crippen LogP contribution in [0.3, 0.4) is 0 Å². The van der Waals surface area contributed by atoms with Crippen molar-refractivity contribution in [2.45, 2.75) is 4.90 Å². The zero-order chi connectivity index (χ0) is 27.1. The van der Waals surface area contributed by atoms with Gasteiger partial charge in [0, 0.05) is 43.3 Å². The minimum Gasteiger partial charge on any atom is -0.378 e. The minimum atomic E-state index is -3.63. The minimum absolute atomic E-state index is 0.208. The lowest BCUT2D eigenvalue weighted by atomic mass is 10.1. The Balaban J connectivity index is 1.04. The van der Waals surface area contributed by atoms with Crippen LogP contribution in [0.25, 0.3) is 11.1 Å². The Kier molecular flexibility index (Phi) is 7.09. The molecule has 6 rings (SSSR count). The molecule has 1 amide bonds. The van der Waals surface area contributed by atoms with Crippen molar-refractivity contribution in [3.05, 3.63) is 83.1 Å². The van der Waals surface area contributed by atoms with Gasteiger partial charge in [-0.25, -0.2) is 12.8 Å². The van der Waals surface area contributed by atoms with Gasteiger partial charge in [0.05, 0.1) is 23.8 Å². The van der Waals surface area contributed by atoms with Gasteiger partial charge in [-0.05, 0) is 71.3 Å². The summed E-state index contributed by atoms with van der Waals surface area (Å²) in [5, 5.41) is 3.54. The average molecular weight is 570 g/mol. The molecule has 39 heavy (non-hydrogen) atoms. The molecule has 0 aromatic heterocycles. The normalized spacial score (nSPS) is 22.9. The molecule has 1 N–H and O–H groups in total. The van der Waals surface area contributed by atoms with Crippen LogP contribution < -0.4 is 10.2 Å². The molecule has 3 fully saturated rings. The molecule has 7 nitrogen and oxygen atoms in total. The van der Waals surface area contributed by atoms with E-state index in [4.69, 9.17) is 16.3 Å². The predicted octanol–water partition coefficient (Wildman–Crippen LogP) is 4.28. The Morgan fingerprint density at radius 1 is 0.974 bits per heavy atom. The number of halogens is 2. The lowest BCUT2D eigenvalue weighted by molar-refractivity contribution is 0.0949. The van der Waals surface area contributed by atoms with Crippen molar-refractivity contribution in [1.82, 2.24) is 9.62 Å². The van der Waals surface area contributed by atoms with Gasteiger partial charge in [-0.2, -0.15) is 4.31 Å². The number of piperidine rings is 1. The molecule has 3 aromatic carbocycles. The quantitative estimate of drug-likeness (QED) is 0.459. The highest BCUT2D eigenvalue weighted by Crippen LogP contribution is 2.52. The molecular formula is C29H29ClFN3O4S. The molecule has 2 saturated heterocycles. The zero-order valence-electron chi connectivity index (χ0n) is 21.2. The maximum absolute atomic E-state index is 14.7. The van der Waals surface area contributed by atoms with E-state index in [0.29, 0.717) is 56.6 Å². The van der Waals surface area contributed by atoms with Gasteiger partial charge in [0.1, 0.15) is 5.82 Å². The van der Waals surface area contributed by atoms with E-state index < -0.39 is 15.8 Å². The SMILES string of the molecule is O=C(NCC1C2CN(S(=O)(=O)c3cccc(-c4ccc(Cl)cc4)c3)CC12)c1ccc(N2CCOCC2)c(F)c1. The number of morpholine rings is 1. The molecule has 0 radical (unpaired) electrons. The number of nitrogens with zero attached hydrogens (tertiary/aromatic N) is 2. The topological polar surface area (TPSA) is 79.0 Å². The molecule has 2 heterocycles. The smallest absolute Gasteiger partial charge is 0.251 e. The third-order valence-corrected chi connectivity index (χ3v) is 10.1. The van der Waals surface area contributed by atoms with Crippen molar-refractivity contribution < 1.29 is 22.3 Å². The fraction of sp³-hybridized carbons (Fsp3) is 0.345. The first-order valence-electron chi connectivity index (χ1n) is 13.1. The molecule has 10 heteroatoms. The Morgan fingerprint density at radius 2 is 1.69 bits per heavy atom. The Bertz CT molecular complexity index is 1480. The van der Waals surface area contributed by atoms with Crippen LogP contribution in [0.15, 0.2) is 71.6 Å². The van der Waals surface area contributed by atoms with Crippen LogP contribution >= 0.6 is 11.6 Å². The number of hydrogen-bond acceptors (Lipinski definition) is 5. The van der Waals surface area contributed by atoms with Crippen molar-refractivity contribution in [3.8, 4) is 11.1 Å². The standard InChI is InChI=1S/C29H29ClFN3O4S/c30-22-7-4-19(5-8-22)20-2-1-3-23(14-20)39(36,37)34-17-25-24(26(25)18-34)16-32-29(35)21-6-9-28(27(31)15-21)33-10-12-38-13-11-33/h1-9,14-15,24-26H,10-13,16-18H2,(H,32,35). The van der Waals surface area contributed by atoms with Gasteiger partial charge >= 0.3 is 0 Å². The number of benzene rings is 3. The van der Waals surface area contributed by atoms with Crippen molar-refractivity contribution >= 4 is 33.2 Å². The Hall–Kier alpha value is -2.98. The van der Waals surface area contributed by atoms with Gasteiger partial charge in [0.25, 0.3) is 5.91 Å². The molecule has 1 aliphatic carbocycles. The van der Waals surface area contributed by atoms with E-state index in [9.17, 15) is 17.6 Å². The van der Waals surface area contributed by atoms with Gasteiger partial charge in [-0.15, -0.1) is 0 Å². The van der Waals surface area contributed by atoms with Crippen molar-refractivity contribution in [1.29, 1.82) is 0 Å². The van der Waals surface area contributed by atoms with Crippen LogP contribution in [0.5, 0.6) is 0 Å². The van der Waals surface area contributed by atoms with E-state index in [1.54, 1.807) is 46.8 Å². The van der Waals surface area contributed by atoms with E-state index in [-0.39, 0.29) is 34.1 Å². The molecule has 0 spiro atoms. The number of carbonyl (C=O) groups excluding carboxylic acids is 1. The predicted molar refractivity (Wildman–Crippen MR) is 148 cm³/mol. The van der Waals surface area contributed by atoms with E-state index >= 15 is 0 Å². The number of sulfonamides is 1. The monoisotopic (exact) mass is 569 g/mol. The van der Waals surface area contributed by atoms with Crippen LogP contribution in [0.2, 0.25) is 5.02 Å². The van der Waals surface area contributed by atoms with E-state index in [0.717, 1.165) is 11.1 Å². The fourth-order valence-corrected chi connectivity index (χ4v) is 7.45. The Labute approximate surface area is 232 Å². The van der Waals surface area contributed by atoms with Crippen LogP contribution in [0, 0.1) is 23.6 Å². The lowest BCUT2D eigenvalue weighted by Crippen LogP contribution is -2.37. The first-order chi connectivity index (χ1) is 18.8. The van der Waals surface area contributed by atoms with Crippen LogP contribution in [0.4, 0.5) is 10.1 Å². The maximum atomic E-state index is 14.7. The summed E-state index contributed by atoms with van der Waals surface area (Å²) in [6, 6.07) is 18.8. The molecule has 2 unspecified atom stereocenters. The van der Waals surface area contributed by atoms with Gasteiger partial charge in [0.15, 0.2) is 0 Å². The summed E-state index contributed by atoms with van der Waals surface area (Å²) >= 11 is 5.98. The number of anilines is 1. The number of fused-ring (bicyclic) bond motifs is 1. The summed E-state index contributed by atoms with van der Waals surface area (Å²) in [5.41, 5.74) is 2.46. The maximum Gasteiger partial charge on any atom is 0.251 e. The van der Waals surface area contributed by atoms with E-state index in [2.05, 4.69) is 5.32 Å². The molecular weight excluding hydrogens is 541 g/mol. The van der Waals surface area contributed by atoms with Gasteiger partial charge in [-0.3, -0.25) is 4.79 Å².